The molecule has 3 aliphatic rings. The molecule has 1 aromatic carbocycles. The number of aliphatic hydroxyl groups excluding tert-OH is 1. The number of halogens is 1. The first-order valence-corrected chi connectivity index (χ1v) is 9.72. The van der Waals surface area contributed by atoms with Gasteiger partial charge in [-0.2, -0.15) is 0 Å². The summed E-state index contributed by atoms with van der Waals surface area (Å²) in [6.07, 6.45) is 1.51. The Morgan fingerprint density at radius 3 is 2.78 bits per heavy atom. The molecule has 0 aliphatic carbocycles. The molecular weight excluding hydrogens is 349 g/mol. The van der Waals surface area contributed by atoms with Crippen LogP contribution in [0, 0.1) is 5.82 Å². The number of hydrogen-bond acceptors (Lipinski definition) is 5. The van der Waals surface area contributed by atoms with E-state index in [1.807, 2.05) is 17.9 Å². The van der Waals surface area contributed by atoms with Crippen LogP contribution in [0.1, 0.15) is 31.7 Å². The zero-order valence-electron chi connectivity index (χ0n) is 15.6. The summed E-state index contributed by atoms with van der Waals surface area (Å²) in [5, 5.41) is 10.1. The van der Waals surface area contributed by atoms with Crippen LogP contribution < -0.4 is 0 Å². The molecule has 3 fully saturated rings. The van der Waals surface area contributed by atoms with Gasteiger partial charge >= 0.3 is 0 Å². The lowest BCUT2D eigenvalue weighted by Gasteiger charge is -2.58. The van der Waals surface area contributed by atoms with Crippen molar-refractivity contribution in [2.75, 3.05) is 26.2 Å². The van der Waals surface area contributed by atoms with Gasteiger partial charge in [0, 0.05) is 32.7 Å². The van der Waals surface area contributed by atoms with E-state index in [4.69, 9.17) is 0 Å². The quantitative estimate of drug-likeness (QED) is 0.778. The molecule has 0 unspecified atom stereocenters. The fraction of sp³-hybridized carbons (Fsp3) is 0.600. The van der Waals surface area contributed by atoms with Crippen molar-refractivity contribution < 1.29 is 19.1 Å². The average Bonchev–Trinajstić information content (AvgIpc) is 2.99. The van der Waals surface area contributed by atoms with E-state index in [9.17, 15) is 19.1 Å². The zero-order chi connectivity index (χ0) is 19.2. The summed E-state index contributed by atoms with van der Waals surface area (Å²) in [4.78, 5) is 31.5. The van der Waals surface area contributed by atoms with Crippen molar-refractivity contribution >= 4 is 11.8 Å². The predicted molar refractivity (Wildman–Crippen MR) is 97.2 cm³/mol. The van der Waals surface area contributed by atoms with Gasteiger partial charge in [0.25, 0.3) is 5.91 Å². The Hall–Kier alpha value is -1.83. The smallest absolute Gasteiger partial charge is 0.252 e. The van der Waals surface area contributed by atoms with Crippen molar-refractivity contribution in [3.05, 3.63) is 35.6 Å². The number of nitrogens with zero attached hydrogens (tertiary/aromatic N) is 3. The first-order chi connectivity index (χ1) is 12.9. The van der Waals surface area contributed by atoms with Gasteiger partial charge in [-0.25, -0.2) is 4.39 Å². The molecule has 0 bridgehead atoms. The number of amides is 2. The Bertz CT molecular complexity index is 750. The van der Waals surface area contributed by atoms with Crippen molar-refractivity contribution in [3.8, 4) is 0 Å². The SMILES string of the molecule is CCCCN1C(=O)[C@@H]2C[C@@H](O)CN2C2(CN(Cc3cccc(F)c3)C2)C1=O. The van der Waals surface area contributed by atoms with Gasteiger partial charge in [-0.1, -0.05) is 25.5 Å². The Balaban J connectivity index is 1.53. The molecule has 7 heteroatoms. The Morgan fingerprint density at radius 1 is 1.30 bits per heavy atom. The second kappa shape index (κ2) is 6.96. The number of aliphatic hydroxyl groups is 1. The van der Waals surface area contributed by atoms with Gasteiger partial charge < -0.3 is 5.11 Å². The second-order valence-electron chi connectivity index (χ2n) is 8.01. The number of fused-ring (bicyclic) bond motifs is 2. The van der Waals surface area contributed by atoms with Gasteiger partial charge in [-0.15, -0.1) is 0 Å². The summed E-state index contributed by atoms with van der Waals surface area (Å²) < 4.78 is 13.4. The Labute approximate surface area is 158 Å². The number of piperazine rings is 1. The molecule has 146 valence electrons. The highest BCUT2D eigenvalue weighted by atomic mass is 19.1. The number of β-amino-alcohol motifs (C(OH)–C–C–N with tert-alkyl or cyclic N) is 1. The summed E-state index contributed by atoms with van der Waals surface area (Å²) in [6, 6.07) is 6.07. The van der Waals surface area contributed by atoms with E-state index >= 15 is 0 Å². The molecule has 1 N–H and O–H groups in total. The fourth-order valence-corrected chi connectivity index (χ4v) is 4.72. The van der Waals surface area contributed by atoms with E-state index in [0.29, 0.717) is 39.1 Å². The van der Waals surface area contributed by atoms with E-state index < -0.39 is 17.7 Å². The Morgan fingerprint density at radius 2 is 2.07 bits per heavy atom. The average molecular weight is 375 g/mol. The van der Waals surface area contributed by atoms with E-state index in [1.165, 1.54) is 17.0 Å². The molecule has 0 radical (unpaired) electrons. The number of likely N-dealkylation sites (tertiary alicyclic amines) is 1. The zero-order valence-corrected chi connectivity index (χ0v) is 15.6. The van der Waals surface area contributed by atoms with Crippen LogP contribution in [-0.4, -0.2) is 75.5 Å². The summed E-state index contributed by atoms with van der Waals surface area (Å²) in [7, 11) is 0. The molecule has 0 saturated carbocycles. The third-order valence-electron chi connectivity index (χ3n) is 6.02. The van der Waals surface area contributed by atoms with Crippen molar-refractivity contribution in [1.82, 2.24) is 14.7 Å². The highest BCUT2D eigenvalue weighted by Crippen LogP contribution is 2.40. The summed E-state index contributed by atoms with van der Waals surface area (Å²) in [5.74, 6) is -0.573. The minimum absolute atomic E-state index is 0.137. The normalized spacial score (nSPS) is 27.9. The van der Waals surface area contributed by atoms with Gasteiger partial charge in [0.05, 0.1) is 12.1 Å². The van der Waals surface area contributed by atoms with Gasteiger partial charge in [-0.05, 0) is 30.5 Å². The first kappa shape index (κ1) is 18.5. The monoisotopic (exact) mass is 375 g/mol. The molecule has 4 rings (SSSR count). The number of benzene rings is 1. The molecule has 2 atom stereocenters. The first-order valence-electron chi connectivity index (χ1n) is 9.72. The lowest BCUT2D eigenvalue weighted by atomic mass is 9.82. The van der Waals surface area contributed by atoms with E-state index in [-0.39, 0.29) is 17.6 Å². The molecule has 3 aliphatic heterocycles. The third-order valence-corrected chi connectivity index (χ3v) is 6.02. The molecular formula is C20H26FN3O3. The van der Waals surface area contributed by atoms with Crippen molar-refractivity contribution in [2.45, 2.75) is 50.4 Å². The van der Waals surface area contributed by atoms with Crippen molar-refractivity contribution in [1.29, 1.82) is 0 Å². The number of unbranched alkanes of at least 4 members (excludes halogenated alkanes) is 1. The third kappa shape index (κ3) is 3.07. The van der Waals surface area contributed by atoms with Gasteiger partial charge in [-0.3, -0.25) is 24.3 Å². The predicted octanol–water partition coefficient (Wildman–Crippen LogP) is 0.984. The van der Waals surface area contributed by atoms with Crippen LogP contribution in [0.3, 0.4) is 0 Å². The van der Waals surface area contributed by atoms with Crippen LogP contribution >= 0.6 is 0 Å². The lowest BCUT2D eigenvalue weighted by Crippen LogP contribution is -2.81. The van der Waals surface area contributed by atoms with E-state index in [2.05, 4.69) is 4.90 Å². The van der Waals surface area contributed by atoms with E-state index in [1.54, 1.807) is 6.07 Å². The summed E-state index contributed by atoms with van der Waals surface area (Å²) in [5.41, 5.74) is 0.127. The molecule has 2 amide bonds. The fourth-order valence-electron chi connectivity index (χ4n) is 4.72. The maximum Gasteiger partial charge on any atom is 0.252 e. The van der Waals surface area contributed by atoms with Crippen LogP contribution in [0.15, 0.2) is 24.3 Å². The Kier molecular flexibility index (Phi) is 4.78. The largest absolute Gasteiger partial charge is 0.392 e. The van der Waals surface area contributed by atoms with Gasteiger partial charge in [0.15, 0.2) is 0 Å². The summed E-state index contributed by atoms with van der Waals surface area (Å²) in [6.45, 7) is 4.40. The molecule has 3 saturated heterocycles. The molecule has 6 nitrogen and oxygen atoms in total. The molecule has 1 aromatic rings. The molecule has 27 heavy (non-hydrogen) atoms. The number of imide groups is 1. The van der Waals surface area contributed by atoms with Crippen molar-refractivity contribution in [2.24, 2.45) is 0 Å². The standard InChI is InChI=1S/C20H26FN3O3/c1-2-3-7-23-18(26)17-9-16(25)11-24(17)20(19(23)27)12-22(13-20)10-14-5-4-6-15(21)8-14/h4-6,8,16-17,25H,2-3,7,9-13H2,1H3/t16-,17+/m1/s1. The molecule has 0 aromatic heterocycles. The summed E-state index contributed by atoms with van der Waals surface area (Å²) >= 11 is 0. The van der Waals surface area contributed by atoms with Gasteiger partial charge in [0.1, 0.15) is 11.4 Å². The van der Waals surface area contributed by atoms with Crippen molar-refractivity contribution in [3.63, 3.8) is 0 Å². The minimum atomic E-state index is -0.739. The maximum atomic E-state index is 13.4. The number of carbonyl (C=O) groups excluding carboxylic acids is 2. The molecule has 3 heterocycles. The molecule has 1 spiro atoms. The van der Waals surface area contributed by atoms with Crippen LogP contribution in [-0.2, 0) is 16.1 Å². The van der Waals surface area contributed by atoms with Crippen LogP contribution in [0.5, 0.6) is 0 Å². The minimum Gasteiger partial charge on any atom is -0.392 e. The van der Waals surface area contributed by atoms with Gasteiger partial charge in [0.2, 0.25) is 5.91 Å². The topological polar surface area (TPSA) is 64.1 Å². The number of hydrogen-bond donors (Lipinski definition) is 1. The van der Waals surface area contributed by atoms with Crippen LogP contribution in [0.25, 0.3) is 0 Å². The lowest BCUT2D eigenvalue weighted by molar-refractivity contribution is -0.180. The van der Waals surface area contributed by atoms with Crippen LogP contribution in [0.4, 0.5) is 4.39 Å². The number of rotatable bonds is 5. The number of carbonyl (C=O) groups is 2. The van der Waals surface area contributed by atoms with E-state index in [0.717, 1.165) is 18.4 Å². The van der Waals surface area contributed by atoms with Crippen LogP contribution in [0.2, 0.25) is 0 Å². The second-order valence-corrected chi connectivity index (χ2v) is 8.01. The highest BCUT2D eigenvalue weighted by molar-refractivity contribution is 6.06. The highest BCUT2D eigenvalue weighted by Gasteiger charge is 2.63. The maximum absolute atomic E-state index is 13.4.